The fourth-order valence-electron chi connectivity index (χ4n) is 1.07. The van der Waals surface area contributed by atoms with Crippen molar-refractivity contribution in [2.75, 3.05) is 0 Å². The summed E-state index contributed by atoms with van der Waals surface area (Å²) in [4.78, 5) is 4.05. The number of alkyl halides is 1. The number of rotatable bonds is 4. The molecule has 0 bridgehead atoms. The van der Waals surface area contributed by atoms with E-state index in [1.807, 2.05) is 12.3 Å². The standard InChI is InChI=1S/C10H14ClN/c1-2-10(11)6-5-9-4-3-7-12-8-9/h3-4,7-8,10H,2,5-6H2,1H3. The summed E-state index contributed by atoms with van der Waals surface area (Å²) < 4.78 is 0. The maximum absolute atomic E-state index is 5.99. The molecule has 12 heavy (non-hydrogen) atoms. The van der Waals surface area contributed by atoms with Crippen LogP contribution in [0.5, 0.6) is 0 Å². The van der Waals surface area contributed by atoms with Crippen molar-refractivity contribution in [1.29, 1.82) is 0 Å². The van der Waals surface area contributed by atoms with Gasteiger partial charge in [0.2, 0.25) is 0 Å². The molecular weight excluding hydrogens is 170 g/mol. The van der Waals surface area contributed by atoms with Crippen molar-refractivity contribution >= 4 is 11.6 Å². The monoisotopic (exact) mass is 183 g/mol. The third-order valence-electron chi connectivity index (χ3n) is 1.91. The predicted octanol–water partition coefficient (Wildman–Crippen LogP) is 3.03. The van der Waals surface area contributed by atoms with E-state index in [-0.39, 0.29) is 0 Å². The number of hydrogen-bond acceptors (Lipinski definition) is 1. The van der Waals surface area contributed by atoms with Gasteiger partial charge in [-0.1, -0.05) is 13.0 Å². The Hall–Kier alpha value is -0.560. The normalized spacial score (nSPS) is 12.8. The zero-order valence-corrected chi connectivity index (χ0v) is 8.09. The fraction of sp³-hybridized carbons (Fsp3) is 0.500. The third kappa shape index (κ3) is 3.22. The molecule has 1 heterocycles. The second-order valence-electron chi connectivity index (χ2n) is 2.91. The van der Waals surface area contributed by atoms with Crippen LogP contribution in [0.2, 0.25) is 0 Å². The lowest BCUT2D eigenvalue weighted by Gasteiger charge is -2.04. The highest BCUT2D eigenvalue weighted by Crippen LogP contribution is 2.10. The molecule has 0 radical (unpaired) electrons. The molecule has 0 fully saturated rings. The van der Waals surface area contributed by atoms with Crippen molar-refractivity contribution in [2.24, 2.45) is 0 Å². The molecule has 0 aromatic carbocycles. The summed E-state index contributed by atoms with van der Waals surface area (Å²) in [6.45, 7) is 2.11. The van der Waals surface area contributed by atoms with Crippen LogP contribution in [0.15, 0.2) is 24.5 Å². The Morgan fingerprint density at radius 2 is 2.42 bits per heavy atom. The Kier molecular flexibility index (Phi) is 4.09. The molecule has 1 aromatic rings. The number of hydrogen-bond donors (Lipinski definition) is 0. The summed E-state index contributed by atoms with van der Waals surface area (Å²) in [7, 11) is 0. The highest BCUT2D eigenvalue weighted by Gasteiger charge is 2.00. The molecule has 1 rings (SSSR count). The topological polar surface area (TPSA) is 12.9 Å². The molecular formula is C10H14ClN. The molecule has 1 nitrogen and oxygen atoms in total. The highest BCUT2D eigenvalue weighted by atomic mass is 35.5. The largest absolute Gasteiger partial charge is 0.264 e. The molecule has 1 atom stereocenters. The van der Waals surface area contributed by atoms with E-state index in [0.29, 0.717) is 5.38 Å². The van der Waals surface area contributed by atoms with Gasteiger partial charge in [-0.3, -0.25) is 4.98 Å². The zero-order chi connectivity index (χ0) is 8.81. The fourth-order valence-corrected chi connectivity index (χ4v) is 1.18. The number of aryl methyl sites for hydroxylation is 1. The van der Waals surface area contributed by atoms with Crippen LogP contribution in [0, 0.1) is 0 Å². The molecule has 1 unspecified atom stereocenters. The van der Waals surface area contributed by atoms with E-state index in [1.165, 1.54) is 5.56 Å². The zero-order valence-electron chi connectivity index (χ0n) is 7.33. The van der Waals surface area contributed by atoms with Crippen LogP contribution < -0.4 is 0 Å². The second-order valence-corrected chi connectivity index (χ2v) is 3.52. The van der Waals surface area contributed by atoms with Crippen molar-refractivity contribution in [3.8, 4) is 0 Å². The summed E-state index contributed by atoms with van der Waals surface area (Å²) in [6, 6.07) is 4.05. The Bertz CT molecular complexity index is 210. The van der Waals surface area contributed by atoms with Gasteiger partial charge in [0.1, 0.15) is 0 Å². The van der Waals surface area contributed by atoms with Gasteiger partial charge in [0, 0.05) is 17.8 Å². The first-order valence-corrected chi connectivity index (χ1v) is 4.79. The van der Waals surface area contributed by atoms with E-state index in [2.05, 4.69) is 18.0 Å². The smallest absolute Gasteiger partial charge is 0.0336 e. The molecule has 0 amide bonds. The van der Waals surface area contributed by atoms with Crippen molar-refractivity contribution < 1.29 is 0 Å². The minimum Gasteiger partial charge on any atom is -0.264 e. The van der Waals surface area contributed by atoms with Crippen LogP contribution in [-0.2, 0) is 6.42 Å². The number of pyridine rings is 1. The molecule has 0 aliphatic heterocycles. The molecule has 1 aromatic heterocycles. The van der Waals surface area contributed by atoms with Gasteiger partial charge >= 0.3 is 0 Å². The van der Waals surface area contributed by atoms with E-state index in [9.17, 15) is 0 Å². The summed E-state index contributed by atoms with van der Waals surface area (Å²) in [6.07, 6.45) is 6.82. The molecule has 0 N–H and O–H groups in total. The van der Waals surface area contributed by atoms with Crippen molar-refractivity contribution in [2.45, 2.75) is 31.6 Å². The molecule has 66 valence electrons. The molecule has 0 aliphatic rings. The minimum absolute atomic E-state index is 0.310. The van der Waals surface area contributed by atoms with Gasteiger partial charge < -0.3 is 0 Å². The van der Waals surface area contributed by atoms with Crippen molar-refractivity contribution in [3.05, 3.63) is 30.1 Å². The average Bonchev–Trinajstić information content (AvgIpc) is 2.16. The first kappa shape index (κ1) is 9.53. The van der Waals surface area contributed by atoms with Gasteiger partial charge in [-0.15, -0.1) is 11.6 Å². The number of halogens is 1. The van der Waals surface area contributed by atoms with E-state index in [4.69, 9.17) is 11.6 Å². The van der Waals surface area contributed by atoms with Gasteiger partial charge in [-0.2, -0.15) is 0 Å². The lowest BCUT2D eigenvalue weighted by atomic mass is 10.1. The molecule has 2 heteroatoms. The second kappa shape index (κ2) is 5.15. The Morgan fingerprint density at radius 3 is 3.00 bits per heavy atom. The first-order valence-electron chi connectivity index (χ1n) is 4.36. The highest BCUT2D eigenvalue weighted by molar-refractivity contribution is 6.20. The molecule has 0 spiro atoms. The molecule has 0 aliphatic carbocycles. The van der Waals surface area contributed by atoms with E-state index in [1.54, 1.807) is 6.20 Å². The van der Waals surface area contributed by atoms with Gasteiger partial charge in [-0.05, 0) is 30.9 Å². The van der Waals surface area contributed by atoms with Crippen LogP contribution in [-0.4, -0.2) is 10.4 Å². The summed E-state index contributed by atoms with van der Waals surface area (Å²) in [5, 5.41) is 0.310. The van der Waals surface area contributed by atoms with Gasteiger partial charge in [0.05, 0.1) is 0 Å². The first-order chi connectivity index (χ1) is 5.83. The number of aromatic nitrogens is 1. The van der Waals surface area contributed by atoms with Crippen LogP contribution in [0.1, 0.15) is 25.3 Å². The van der Waals surface area contributed by atoms with Crippen LogP contribution >= 0.6 is 11.6 Å². The van der Waals surface area contributed by atoms with E-state index >= 15 is 0 Å². The van der Waals surface area contributed by atoms with Gasteiger partial charge in [0.15, 0.2) is 0 Å². The van der Waals surface area contributed by atoms with Crippen molar-refractivity contribution in [3.63, 3.8) is 0 Å². The quantitative estimate of drug-likeness (QED) is 0.654. The SMILES string of the molecule is CCC(Cl)CCc1cccnc1. The Morgan fingerprint density at radius 1 is 1.58 bits per heavy atom. The molecule has 0 saturated carbocycles. The number of nitrogens with zero attached hydrogens (tertiary/aromatic N) is 1. The lowest BCUT2D eigenvalue weighted by Crippen LogP contribution is -1.98. The maximum atomic E-state index is 5.99. The maximum Gasteiger partial charge on any atom is 0.0336 e. The summed E-state index contributed by atoms with van der Waals surface area (Å²) in [5.41, 5.74) is 1.27. The summed E-state index contributed by atoms with van der Waals surface area (Å²) >= 11 is 5.99. The summed E-state index contributed by atoms with van der Waals surface area (Å²) in [5.74, 6) is 0. The third-order valence-corrected chi connectivity index (χ3v) is 2.44. The van der Waals surface area contributed by atoms with E-state index < -0.39 is 0 Å². The lowest BCUT2D eigenvalue weighted by molar-refractivity contribution is 0.725. The van der Waals surface area contributed by atoms with Crippen molar-refractivity contribution in [1.82, 2.24) is 4.98 Å². The van der Waals surface area contributed by atoms with Gasteiger partial charge in [0.25, 0.3) is 0 Å². The predicted molar refractivity (Wildman–Crippen MR) is 52.5 cm³/mol. The van der Waals surface area contributed by atoms with Crippen LogP contribution in [0.4, 0.5) is 0 Å². The van der Waals surface area contributed by atoms with E-state index in [0.717, 1.165) is 19.3 Å². The Balaban J connectivity index is 2.33. The van der Waals surface area contributed by atoms with Crippen LogP contribution in [0.25, 0.3) is 0 Å². The molecule has 0 saturated heterocycles. The average molecular weight is 184 g/mol. The minimum atomic E-state index is 0.310. The van der Waals surface area contributed by atoms with Crippen LogP contribution in [0.3, 0.4) is 0 Å². The Labute approximate surface area is 78.8 Å². The van der Waals surface area contributed by atoms with Gasteiger partial charge in [-0.25, -0.2) is 0 Å².